The molecule has 8 nitrogen and oxygen atoms in total. The molecule has 180 valence electrons. The van der Waals surface area contributed by atoms with E-state index >= 15 is 0 Å². The van der Waals surface area contributed by atoms with Crippen LogP contribution < -0.4 is 15.6 Å². The number of carbonyl (C=O) groups is 2. The first-order valence-electron chi connectivity index (χ1n) is 10.1. The molecule has 12 heteroatoms. The van der Waals surface area contributed by atoms with Gasteiger partial charge in [-0.25, -0.2) is 9.18 Å². The zero-order chi connectivity index (χ0) is 25.1. The average molecular weight is 536 g/mol. The van der Waals surface area contributed by atoms with Crippen molar-refractivity contribution in [1.82, 2.24) is 9.78 Å². The molecule has 2 aromatic heterocycles. The molecule has 0 bridgehead atoms. The van der Waals surface area contributed by atoms with Crippen molar-refractivity contribution in [3.8, 4) is 11.4 Å². The van der Waals surface area contributed by atoms with E-state index < -0.39 is 29.9 Å². The summed E-state index contributed by atoms with van der Waals surface area (Å²) in [7, 11) is 0. The van der Waals surface area contributed by atoms with Crippen LogP contribution in [0.25, 0.3) is 16.5 Å². The van der Waals surface area contributed by atoms with Crippen LogP contribution in [0.1, 0.15) is 17.4 Å². The standard InChI is InChI=1S/C23H16Cl2FN3O5S/c1-2-33-23(32)20-15-11-35-21(27-18(30)10-34-17-7-6-12(24)8-16(17)25)19(15)22(31)29(28-20)14-5-3-4-13(26)9-14/h3-9,11H,2,10H2,1H3,(H,27,30). The molecule has 2 aromatic carbocycles. The van der Waals surface area contributed by atoms with E-state index in [-0.39, 0.29) is 44.5 Å². The molecule has 0 fully saturated rings. The van der Waals surface area contributed by atoms with Crippen molar-refractivity contribution in [1.29, 1.82) is 0 Å². The van der Waals surface area contributed by atoms with Gasteiger partial charge in [-0.3, -0.25) is 9.59 Å². The zero-order valence-corrected chi connectivity index (χ0v) is 20.3. The Bertz CT molecular complexity index is 1500. The first-order valence-corrected chi connectivity index (χ1v) is 11.8. The zero-order valence-electron chi connectivity index (χ0n) is 18.0. The van der Waals surface area contributed by atoms with E-state index in [0.717, 1.165) is 22.1 Å². The van der Waals surface area contributed by atoms with E-state index in [4.69, 9.17) is 32.7 Å². The van der Waals surface area contributed by atoms with E-state index in [0.29, 0.717) is 5.02 Å². The maximum atomic E-state index is 13.8. The van der Waals surface area contributed by atoms with E-state index in [9.17, 15) is 18.8 Å². The minimum atomic E-state index is -0.765. The molecule has 35 heavy (non-hydrogen) atoms. The highest BCUT2D eigenvalue weighted by Crippen LogP contribution is 2.31. The normalized spacial score (nSPS) is 10.9. The average Bonchev–Trinajstić information content (AvgIpc) is 3.23. The Morgan fingerprint density at radius 3 is 2.71 bits per heavy atom. The first kappa shape index (κ1) is 24.6. The summed E-state index contributed by atoms with van der Waals surface area (Å²) in [5.41, 5.74) is -0.699. The van der Waals surface area contributed by atoms with Crippen LogP contribution in [-0.4, -0.2) is 34.9 Å². The number of carbonyl (C=O) groups excluding carboxylic acids is 2. The number of rotatable bonds is 7. The Morgan fingerprint density at radius 1 is 1.20 bits per heavy atom. The third kappa shape index (κ3) is 5.29. The quantitative estimate of drug-likeness (QED) is 0.331. The number of nitrogens with zero attached hydrogens (tertiary/aromatic N) is 2. The highest BCUT2D eigenvalue weighted by atomic mass is 35.5. The van der Waals surface area contributed by atoms with Crippen molar-refractivity contribution in [2.75, 3.05) is 18.5 Å². The molecule has 0 unspecified atom stereocenters. The fraction of sp³-hybridized carbons (Fsp3) is 0.130. The molecule has 0 saturated heterocycles. The Morgan fingerprint density at radius 2 is 2.00 bits per heavy atom. The summed E-state index contributed by atoms with van der Waals surface area (Å²) in [5, 5.41) is 9.28. The van der Waals surface area contributed by atoms with Gasteiger partial charge in [-0.2, -0.15) is 9.78 Å². The van der Waals surface area contributed by atoms with Crippen LogP contribution >= 0.6 is 34.5 Å². The van der Waals surface area contributed by atoms with Crippen molar-refractivity contribution >= 4 is 62.2 Å². The maximum Gasteiger partial charge on any atom is 0.359 e. The summed E-state index contributed by atoms with van der Waals surface area (Å²) in [6, 6.07) is 9.74. The predicted molar refractivity (Wildman–Crippen MR) is 132 cm³/mol. The number of amides is 1. The second-order valence-corrected chi connectivity index (χ2v) is 8.75. The van der Waals surface area contributed by atoms with Crippen molar-refractivity contribution < 1.29 is 23.5 Å². The predicted octanol–water partition coefficient (Wildman–Crippen LogP) is 5.09. The van der Waals surface area contributed by atoms with Gasteiger partial charge < -0.3 is 14.8 Å². The van der Waals surface area contributed by atoms with E-state index in [1.54, 1.807) is 13.0 Å². The first-order chi connectivity index (χ1) is 16.8. The number of esters is 1. The molecular weight excluding hydrogens is 520 g/mol. The lowest BCUT2D eigenvalue weighted by molar-refractivity contribution is -0.118. The third-order valence-corrected chi connectivity index (χ3v) is 6.11. The number of fused-ring (bicyclic) bond motifs is 1. The van der Waals surface area contributed by atoms with E-state index in [2.05, 4.69) is 10.4 Å². The van der Waals surface area contributed by atoms with Crippen molar-refractivity contribution in [2.24, 2.45) is 0 Å². The molecule has 4 rings (SSSR count). The van der Waals surface area contributed by atoms with Gasteiger partial charge in [-0.1, -0.05) is 29.3 Å². The van der Waals surface area contributed by atoms with Crippen molar-refractivity contribution in [3.63, 3.8) is 0 Å². The number of hydrogen-bond acceptors (Lipinski definition) is 7. The van der Waals surface area contributed by atoms with Gasteiger partial charge in [0, 0.05) is 15.8 Å². The van der Waals surface area contributed by atoms with Crippen molar-refractivity contribution in [2.45, 2.75) is 6.92 Å². The second kappa shape index (κ2) is 10.4. The molecule has 0 aliphatic heterocycles. The van der Waals surface area contributed by atoms with Gasteiger partial charge in [0.05, 0.1) is 22.7 Å². The second-order valence-electron chi connectivity index (χ2n) is 7.03. The van der Waals surface area contributed by atoms with Gasteiger partial charge in [0.25, 0.3) is 11.5 Å². The van der Waals surface area contributed by atoms with Crippen LogP contribution in [-0.2, 0) is 9.53 Å². The Labute approximate surface area is 211 Å². The van der Waals surface area contributed by atoms with Crippen molar-refractivity contribution in [3.05, 3.63) is 79.8 Å². The van der Waals surface area contributed by atoms with Gasteiger partial charge in [-0.05, 0) is 43.3 Å². The van der Waals surface area contributed by atoms with Gasteiger partial charge in [0.15, 0.2) is 12.3 Å². The number of ether oxygens (including phenoxy) is 2. The summed E-state index contributed by atoms with van der Waals surface area (Å²) in [5.74, 6) is -1.68. The van der Waals surface area contributed by atoms with Gasteiger partial charge >= 0.3 is 5.97 Å². The summed E-state index contributed by atoms with van der Waals surface area (Å²) in [6.45, 7) is 1.30. The highest BCUT2D eigenvalue weighted by Gasteiger charge is 2.23. The molecule has 1 N–H and O–H groups in total. The SMILES string of the molecule is CCOC(=O)c1nn(-c2cccc(F)c2)c(=O)c2c(NC(=O)COc3ccc(Cl)cc3Cl)scc12. The summed E-state index contributed by atoms with van der Waals surface area (Å²) in [4.78, 5) is 38.5. The molecular formula is C23H16Cl2FN3O5S. The highest BCUT2D eigenvalue weighted by molar-refractivity contribution is 7.16. The number of hydrogen-bond donors (Lipinski definition) is 1. The smallest absolute Gasteiger partial charge is 0.359 e. The Kier molecular flexibility index (Phi) is 7.34. The Hall–Kier alpha value is -3.47. The number of benzene rings is 2. The van der Waals surface area contributed by atoms with Gasteiger partial charge in [0.2, 0.25) is 0 Å². The third-order valence-electron chi connectivity index (χ3n) is 4.68. The molecule has 0 aliphatic carbocycles. The van der Waals surface area contributed by atoms with Crippen LogP contribution in [0, 0.1) is 5.82 Å². The number of anilines is 1. The Balaban J connectivity index is 1.71. The lowest BCUT2D eigenvalue weighted by atomic mass is 10.2. The minimum Gasteiger partial charge on any atom is -0.482 e. The van der Waals surface area contributed by atoms with Crippen LogP contribution in [0.3, 0.4) is 0 Å². The van der Waals surface area contributed by atoms with E-state index in [1.807, 2.05) is 0 Å². The molecule has 0 radical (unpaired) electrons. The molecule has 4 aromatic rings. The fourth-order valence-corrected chi connectivity index (χ4v) is 4.59. The number of halogens is 3. The lowest BCUT2D eigenvalue weighted by Crippen LogP contribution is -2.26. The van der Waals surface area contributed by atoms with Gasteiger partial charge in [-0.15, -0.1) is 11.3 Å². The number of thiophene rings is 1. The monoisotopic (exact) mass is 535 g/mol. The number of aromatic nitrogens is 2. The van der Waals surface area contributed by atoms with Gasteiger partial charge in [0.1, 0.15) is 16.6 Å². The van der Waals surface area contributed by atoms with Crippen LogP contribution in [0.5, 0.6) is 5.75 Å². The van der Waals surface area contributed by atoms with Crippen LogP contribution in [0.15, 0.2) is 52.6 Å². The van der Waals surface area contributed by atoms with E-state index in [1.165, 1.54) is 35.7 Å². The summed E-state index contributed by atoms with van der Waals surface area (Å²) in [6.07, 6.45) is 0. The fourth-order valence-electron chi connectivity index (χ4n) is 3.17. The molecule has 0 aliphatic rings. The lowest BCUT2D eigenvalue weighted by Gasteiger charge is -2.10. The molecule has 2 heterocycles. The summed E-state index contributed by atoms with van der Waals surface area (Å²) >= 11 is 12.9. The maximum absolute atomic E-state index is 13.8. The van der Waals surface area contributed by atoms with Crippen LogP contribution in [0.2, 0.25) is 10.0 Å². The minimum absolute atomic E-state index is 0.0233. The molecule has 1 amide bonds. The summed E-state index contributed by atoms with van der Waals surface area (Å²) < 4.78 is 25.2. The molecule has 0 spiro atoms. The number of nitrogens with one attached hydrogen (secondary N) is 1. The molecule has 0 saturated carbocycles. The largest absolute Gasteiger partial charge is 0.482 e. The van der Waals surface area contributed by atoms with Crippen LogP contribution in [0.4, 0.5) is 9.39 Å². The topological polar surface area (TPSA) is 99.5 Å². The molecule has 0 atom stereocenters.